The Labute approximate surface area is 464 Å². The van der Waals surface area contributed by atoms with Crippen LogP contribution in [-0.2, 0) is 14.3 Å². The normalized spacial score (nSPS) is 12.4. The van der Waals surface area contributed by atoms with Crippen molar-refractivity contribution in [3.8, 4) is 0 Å². The Kier molecular flexibility index (Phi) is 63.4. The number of amides is 1. The predicted molar refractivity (Wildman–Crippen MR) is 324 cm³/mol. The second kappa shape index (κ2) is 64.4. The fourth-order valence-corrected chi connectivity index (χ4v) is 11.2. The van der Waals surface area contributed by atoms with Gasteiger partial charge in [-0.3, -0.25) is 9.59 Å². The highest BCUT2D eigenvalue weighted by Crippen LogP contribution is 2.19. The maximum Gasteiger partial charge on any atom is 0.305 e. The summed E-state index contributed by atoms with van der Waals surface area (Å²) in [7, 11) is 0. The zero-order valence-electron chi connectivity index (χ0n) is 50.6. The molecule has 0 saturated heterocycles. The van der Waals surface area contributed by atoms with Crippen molar-refractivity contribution in [3.05, 3.63) is 0 Å². The number of rotatable bonds is 65. The van der Waals surface area contributed by atoms with E-state index in [9.17, 15) is 19.8 Å². The molecule has 0 aromatic heterocycles. The minimum absolute atomic E-state index is 0.0231. The van der Waals surface area contributed by atoms with Crippen molar-refractivity contribution < 1.29 is 24.5 Å². The van der Waals surface area contributed by atoms with Crippen LogP contribution in [0.1, 0.15) is 399 Å². The van der Waals surface area contributed by atoms with Gasteiger partial charge in [0.25, 0.3) is 0 Å². The Bertz CT molecular complexity index is 1070. The number of nitrogens with one attached hydrogen (secondary N) is 1. The zero-order chi connectivity index (χ0) is 53.6. The topological polar surface area (TPSA) is 95.9 Å². The molecule has 442 valence electrons. The fourth-order valence-electron chi connectivity index (χ4n) is 11.2. The average molecular weight is 1050 g/mol. The van der Waals surface area contributed by atoms with Gasteiger partial charge in [0.15, 0.2) is 0 Å². The van der Waals surface area contributed by atoms with Crippen LogP contribution in [0.25, 0.3) is 0 Å². The summed E-state index contributed by atoms with van der Waals surface area (Å²) in [5, 5.41) is 23.2. The van der Waals surface area contributed by atoms with Crippen LogP contribution in [0.4, 0.5) is 0 Å². The van der Waals surface area contributed by atoms with Gasteiger partial charge < -0.3 is 20.3 Å². The van der Waals surface area contributed by atoms with E-state index >= 15 is 0 Å². The molecule has 0 fully saturated rings. The molecule has 0 aliphatic rings. The number of hydrogen-bond donors (Lipinski definition) is 3. The monoisotopic (exact) mass is 1050 g/mol. The first-order valence-corrected chi connectivity index (χ1v) is 34.3. The van der Waals surface area contributed by atoms with E-state index in [0.29, 0.717) is 25.9 Å². The standard InChI is InChI=1S/C68H135NO5/c1-3-5-7-9-11-13-40-44-48-52-56-60-66(71)65(64-70)69-67(72)61-57-53-49-45-42-38-36-34-32-30-28-26-24-22-20-18-16-15-17-19-21-23-25-27-29-31-33-35-37-39-43-47-51-55-59-63-74-68(73)62-58-54-50-46-41-14-12-10-8-6-4-2/h65-66,70-71H,3-64H2,1-2H3,(H,69,72). The summed E-state index contributed by atoms with van der Waals surface area (Å²) in [6, 6.07) is -0.534. The third-order valence-corrected chi connectivity index (χ3v) is 16.4. The third kappa shape index (κ3) is 60.1. The van der Waals surface area contributed by atoms with Crippen LogP contribution in [-0.4, -0.2) is 47.4 Å². The van der Waals surface area contributed by atoms with Gasteiger partial charge in [-0.25, -0.2) is 0 Å². The van der Waals surface area contributed by atoms with E-state index in [-0.39, 0.29) is 18.5 Å². The summed E-state index contributed by atoms with van der Waals surface area (Å²) in [6.07, 6.45) is 77.4. The Hall–Kier alpha value is -1.14. The van der Waals surface area contributed by atoms with Gasteiger partial charge >= 0.3 is 5.97 Å². The first-order valence-electron chi connectivity index (χ1n) is 34.3. The van der Waals surface area contributed by atoms with E-state index < -0.39 is 12.1 Å². The smallest absolute Gasteiger partial charge is 0.305 e. The Morgan fingerprint density at radius 2 is 0.554 bits per heavy atom. The summed E-state index contributed by atoms with van der Waals surface area (Å²) >= 11 is 0. The number of aliphatic hydroxyl groups excluding tert-OH is 2. The SMILES string of the molecule is CCCCCCCCCCCCCC(=O)OCCCCCCCCCCCCCCCCCCCCCCCCCCCCCCCCCCCCCC(=O)NC(CO)C(O)CCCCCCCCCCCCC. The molecule has 0 bridgehead atoms. The number of carbonyl (C=O) groups is 2. The molecular weight excluding hydrogens is 911 g/mol. The lowest BCUT2D eigenvalue weighted by atomic mass is 10.0. The molecule has 0 aliphatic heterocycles. The highest BCUT2D eigenvalue weighted by Gasteiger charge is 2.20. The lowest BCUT2D eigenvalue weighted by Gasteiger charge is -2.22. The van der Waals surface area contributed by atoms with Gasteiger partial charge in [-0.2, -0.15) is 0 Å². The summed E-state index contributed by atoms with van der Waals surface area (Å²) < 4.78 is 5.48. The van der Waals surface area contributed by atoms with Crippen LogP contribution in [0.5, 0.6) is 0 Å². The van der Waals surface area contributed by atoms with E-state index in [1.165, 1.54) is 327 Å². The van der Waals surface area contributed by atoms with Crippen LogP contribution in [0.2, 0.25) is 0 Å². The summed E-state index contributed by atoms with van der Waals surface area (Å²) in [6.45, 7) is 4.98. The number of carbonyl (C=O) groups excluding carboxylic acids is 2. The summed E-state index contributed by atoms with van der Waals surface area (Å²) in [5.41, 5.74) is 0. The molecule has 0 aliphatic carbocycles. The molecule has 0 heterocycles. The lowest BCUT2D eigenvalue weighted by molar-refractivity contribution is -0.143. The molecule has 0 rings (SSSR count). The van der Waals surface area contributed by atoms with Crippen LogP contribution in [0.15, 0.2) is 0 Å². The quantitative estimate of drug-likeness (QED) is 0.0417. The summed E-state index contributed by atoms with van der Waals surface area (Å²) in [4.78, 5) is 24.5. The first-order chi connectivity index (χ1) is 36.5. The van der Waals surface area contributed by atoms with E-state index in [1.807, 2.05) is 0 Å². The zero-order valence-corrected chi connectivity index (χ0v) is 50.6. The van der Waals surface area contributed by atoms with Crippen molar-refractivity contribution in [2.45, 2.75) is 411 Å². The van der Waals surface area contributed by atoms with Gasteiger partial charge in [0.05, 0.1) is 25.4 Å². The minimum Gasteiger partial charge on any atom is -0.466 e. The molecule has 0 spiro atoms. The minimum atomic E-state index is -0.657. The van der Waals surface area contributed by atoms with Crippen LogP contribution < -0.4 is 5.32 Å². The molecule has 0 radical (unpaired) electrons. The Morgan fingerprint density at radius 3 is 0.824 bits per heavy atom. The van der Waals surface area contributed by atoms with Gasteiger partial charge in [0.2, 0.25) is 5.91 Å². The van der Waals surface area contributed by atoms with Crippen molar-refractivity contribution in [2.75, 3.05) is 13.2 Å². The number of esters is 1. The third-order valence-electron chi connectivity index (χ3n) is 16.4. The molecule has 2 atom stereocenters. The first kappa shape index (κ1) is 72.9. The Balaban J connectivity index is 3.27. The number of hydrogen-bond acceptors (Lipinski definition) is 5. The molecule has 3 N–H and O–H groups in total. The van der Waals surface area contributed by atoms with Crippen LogP contribution in [0.3, 0.4) is 0 Å². The van der Waals surface area contributed by atoms with Crippen LogP contribution >= 0.6 is 0 Å². The molecule has 0 aromatic carbocycles. The maximum atomic E-state index is 12.5. The molecule has 6 nitrogen and oxygen atoms in total. The maximum absolute atomic E-state index is 12.5. The highest BCUT2D eigenvalue weighted by atomic mass is 16.5. The van der Waals surface area contributed by atoms with Crippen molar-refractivity contribution in [1.82, 2.24) is 5.32 Å². The van der Waals surface area contributed by atoms with Gasteiger partial charge in [-0.05, 0) is 25.7 Å². The lowest BCUT2D eigenvalue weighted by Crippen LogP contribution is -2.45. The Morgan fingerprint density at radius 1 is 0.324 bits per heavy atom. The molecule has 1 amide bonds. The van der Waals surface area contributed by atoms with Crippen molar-refractivity contribution in [2.24, 2.45) is 0 Å². The number of ether oxygens (including phenoxy) is 1. The molecule has 6 heteroatoms. The molecule has 0 aromatic rings. The van der Waals surface area contributed by atoms with E-state index in [4.69, 9.17) is 4.74 Å². The van der Waals surface area contributed by atoms with Gasteiger partial charge in [0.1, 0.15) is 0 Å². The van der Waals surface area contributed by atoms with Crippen LogP contribution in [0, 0.1) is 0 Å². The molecule has 0 saturated carbocycles. The van der Waals surface area contributed by atoms with Gasteiger partial charge in [-0.1, -0.05) is 361 Å². The predicted octanol–water partition coefficient (Wildman–Crippen LogP) is 21.8. The van der Waals surface area contributed by atoms with Crippen molar-refractivity contribution in [1.29, 1.82) is 0 Å². The fraction of sp³-hybridized carbons (Fsp3) is 0.971. The van der Waals surface area contributed by atoms with Crippen molar-refractivity contribution >= 4 is 11.9 Å². The van der Waals surface area contributed by atoms with E-state index in [1.54, 1.807) is 0 Å². The molecular formula is C68H135NO5. The highest BCUT2D eigenvalue weighted by molar-refractivity contribution is 5.76. The largest absolute Gasteiger partial charge is 0.466 e. The molecule has 74 heavy (non-hydrogen) atoms. The number of unbranched alkanes of at least 4 members (excludes halogenated alkanes) is 54. The number of aliphatic hydroxyl groups is 2. The van der Waals surface area contributed by atoms with Gasteiger partial charge in [0, 0.05) is 12.8 Å². The van der Waals surface area contributed by atoms with E-state index in [0.717, 1.165) is 38.5 Å². The second-order valence-electron chi connectivity index (χ2n) is 23.9. The average Bonchev–Trinajstić information content (AvgIpc) is 3.40. The summed E-state index contributed by atoms with van der Waals surface area (Å²) in [5.74, 6) is -0.00505. The van der Waals surface area contributed by atoms with Crippen molar-refractivity contribution in [3.63, 3.8) is 0 Å². The molecule has 2 unspecified atom stereocenters. The van der Waals surface area contributed by atoms with E-state index in [2.05, 4.69) is 19.2 Å². The van der Waals surface area contributed by atoms with Gasteiger partial charge in [-0.15, -0.1) is 0 Å². The second-order valence-corrected chi connectivity index (χ2v) is 23.9.